The summed E-state index contributed by atoms with van der Waals surface area (Å²) in [5.41, 5.74) is -1.19. The number of carboxylic acids is 1. The number of fused-ring (bicyclic) bond motifs is 1. The van der Waals surface area contributed by atoms with Gasteiger partial charge in [-0.15, -0.1) is 10.2 Å². The molecular weight excluding hydrogens is 518 g/mol. The van der Waals surface area contributed by atoms with Crippen LogP contribution in [0, 0.1) is 5.82 Å². The highest BCUT2D eigenvalue weighted by Gasteiger charge is 2.34. The Morgan fingerprint density at radius 2 is 1.46 bits per heavy atom. The summed E-state index contributed by atoms with van der Waals surface area (Å²) in [4.78, 5) is 12.0. The number of aromatic nitrogens is 1. The molecule has 0 fully saturated rings. The van der Waals surface area contributed by atoms with Gasteiger partial charge in [0.15, 0.2) is 5.69 Å². The largest absolute Gasteiger partial charge is 0.507 e. The fourth-order valence-electron chi connectivity index (χ4n) is 4.28. The molecule has 0 unspecified atom stereocenters. The first kappa shape index (κ1) is 25.5. The number of azo groups is 1. The summed E-state index contributed by atoms with van der Waals surface area (Å²) in [7, 11) is 0. The lowest BCUT2D eigenvalue weighted by Crippen LogP contribution is -2.08. The SMILES string of the molecule is O=C(O)c1cccc(-c2ccccc2O)c1N=Nc1c(O)n(-c2ccc(C(F)(F)F)c(F)c2)c2ccccc12. The van der Waals surface area contributed by atoms with E-state index in [2.05, 4.69) is 10.2 Å². The third-order valence-electron chi connectivity index (χ3n) is 6.05. The molecule has 0 radical (unpaired) electrons. The molecule has 3 N–H and O–H groups in total. The molecule has 39 heavy (non-hydrogen) atoms. The van der Waals surface area contributed by atoms with Crippen LogP contribution < -0.4 is 0 Å². The smallest absolute Gasteiger partial charge is 0.419 e. The minimum absolute atomic E-state index is 0.100. The van der Waals surface area contributed by atoms with Crippen molar-refractivity contribution < 1.29 is 37.7 Å². The fourth-order valence-corrected chi connectivity index (χ4v) is 4.28. The Labute approximate surface area is 217 Å². The summed E-state index contributed by atoms with van der Waals surface area (Å²) < 4.78 is 54.7. The summed E-state index contributed by atoms with van der Waals surface area (Å²) >= 11 is 0. The maximum Gasteiger partial charge on any atom is 0.419 e. The highest BCUT2D eigenvalue weighted by atomic mass is 19.4. The van der Waals surface area contributed by atoms with E-state index in [1.165, 1.54) is 18.2 Å². The molecule has 1 aromatic heterocycles. The predicted molar refractivity (Wildman–Crippen MR) is 135 cm³/mol. The van der Waals surface area contributed by atoms with Gasteiger partial charge < -0.3 is 15.3 Å². The van der Waals surface area contributed by atoms with E-state index >= 15 is 0 Å². The molecule has 0 aliphatic heterocycles. The minimum Gasteiger partial charge on any atom is -0.507 e. The molecule has 0 bridgehead atoms. The zero-order valence-corrected chi connectivity index (χ0v) is 19.7. The number of nitrogens with zero attached hydrogens (tertiary/aromatic N) is 3. The summed E-state index contributed by atoms with van der Waals surface area (Å²) in [5, 5.41) is 39.8. The van der Waals surface area contributed by atoms with Crippen molar-refractivity contribution in [3.8, 4) is 28.4 Å². The fraction of sp³-hybridized carbons (Fsp3) is 0.0357. The number of aromatic hydroxyl groups is 2. The number of rotatable bonds is 5. The standard InChI is InChI=1S/C28H17F4N3O4/c29-21-14-15(12-13-20(21)28(30,31)32)35-22-10-3-1-7-18(22)25(26(35)37)34-33-24-17(8-5-9-19(24)27(38)39)16-6-2-4-11-23(16)36/h1-14,36-37H,(H,38,39). The summed E-state index contributed by atoms with van der Waals surface area (Å²) in [6, 6.07) is 19.1. The second-order valence-electron chi connectivity index (χ2n) is 8.41. The Bertz CT molecular complexity index is 1780. The molecule has 7 nitrogen and oxygen atoms in total. The molecule has 0 saturated carbocycles. The van der Waals surface area contributed by atoms with Crippen molar-refractivity contribution in [2.45, 2.75) is 6.18 Å². The van der Waals surface area contributed by atoms with Crippen molar-refractivity contribution in [1.82, 2.24) is 4.57 Å². The maximum absolute atomic E-state index is 14.4. The van der Waals surface area contributed by atoms with Crippen molar-refractivity contribution in [2.24, 2.45) is 10.2 Å². The number of benzene rings is 4. The van der Waals surface area contributed by atoms with Crippen LogP contribution in [0.5, 0.6) is 11.6 Å². The number of para-hydroxylation sites is 2. The van der Waals surface area contributed by atoms with Gasteiger partial charge in [-0.2, -0.15) is 13.2 Å². The van der Waals surface area contributed by atoms with Crippen molar-refractivity contribution >= 4 is 28.2 Å². The van der Waals surface area contributed by atoms with Crippen LogP contribution in [0.2, 0.25) is 0 Å². The molecule has 0 aliphatic carbocycles. The molecule has 4 aromatic carbocycles. The first-order chi connectivity index (χ1) is 18.6. The van der Waals surface area contributed by atoms with Crippen molar-refractivity contribution in [2.75, 3.05) is 0 Å². The average molecular weight is 535 g/mol. The normalized spacial score (nSPS) is 11.9. The van der Waals surface area contributed by atoms with E-state index in [1.54, 1.807) is 48.5 Å². The third-order valence-corrected chi connectivity index (χ3v) is 6.05. The van der Waals surface area contributed by atoms with E-state index in [-0.39, 0.29) is 39.5 Å². The van der Waals surface area contributed by atoms with Crippen LogP contribution in [0.3, 0.4) is 0 Å². The second-order valence-corrected chi connectivity index (χ2v) is 8.41. The maximum atomic E-state index is 14.4. The first-order valence-corrected chi connectivity index (χ1v) is 11.3. The molecule has 0 saturated heterocycles. The topological polar surface area (TPSA) is 107 Å². The number of halogens is 4. The van der Waals surface area contributed by atoms with Gasteiger partial charge in [0.1, 0.15) is 17.3 Å². The van der Waals surface area contributed by atoms with E-state index in [0.717, 1.165) is 10.6 Å². The number of hydrogen-bond donors (Lipinski definition) is 3. The molecule has 0 spiro atoms. The van der Waals surface area contributed by atoms with Gasteiger partial charge in [0, 0.05) is 16.5 Å². The van der Waals surface area contributed by atoms with Crippen molar-refractivity contribution in [3.05, 3.63) is 102 Å². The number of phenols is 1. The van der Waals surface area contributed by atoms with Crippen LogP contribution in [0.4, 0.5) is 28.9 Å². The lowest BCUT2D eigenvalue weighted by molar-refractivity contribution is -0.140. The van der Waals surface area contributed by atoms with E-state index < -0.39 is 29.4 Å². The molecule has 11 heteroatoms. The van der Waals surface area contributed by atoms with E-state index in [0.29, 0.717) is 23.1 Å². The molecule has 5 rings (SSSR count). The number of phenolic OH excluding ortho intramolecular Hbond substituents is 1. The Balaban J connectivity index is 1.70. The lowest BCUT2D eigenvalue weighted by atomic mass is 9.99. The second kappa shape index (κ2) is 9.60. The van der Waals surface area contributed by atoms with Gasteiger partial charge >= 0.3 is 12.1 Å². The van der Waals surface area contributed by atoms with Crippen molar-refractivity contribution in [3.63, 3.8) is 0 Å². The number of alkyl halides is 3. The lowest BCUT2D eigenvalue weighted by Gasteiger charge is -2.11. The zero-order chi connectivity index (χ0) is 27.9. The van der Waals surface area contributed by atoms with Gasteiger partial charge in [-0.1, -0.05) is 48.5 Å². The third kappa shape index (κ3) is 4.54. The number of hydrogen-bond acceptors (Lipinski definition) is 5. The molecule has 0 atom stereocenters. The predicted octanol–water partition coefficient (Wildman–Crippen LogP) is 7.98. The summed E-state index contributed by atoms with van der Waals surface area (Å²) in [5.74, 6) is -3.52. The Morgan fingerprint density at radius 3 is 2.15 bits per heavy atom. The van der Waals surface area contributed by atoms with Gasteiger partial charge in [-0.05, 0) is 36.4 Å². The van der Waals surface area contributed by atoms with Gasteiger partial charge in [-0.25, -0.2) is 9.18 Å². The van der Waals surface area contributed by atoms with Crippen LogP contribution in [0.15, 0.2) is 95.2 Å². The minimum atomic E-state index is -4.90. The van der Waals surface area contributed by atoms with Gasteiger partial charge in [0.25, 0.3) is 0 Å². The highest BCUT2D eigenvalue weighted by Crippen LogP contribution is 2.44. The highest BCUT2D eigenvalue weighted by molar-refractivity contribution is 5.99. The number of carboxylic acid groups (broad SMARTS) is 1. The monoisotopic (exact) mass is 535 g/mol. The first-order valence-electron chi connectivity index (χ1n) is 11.3. The summed E-state index contributed by atoms with van der Waals surface area (Å²) in [6.45, 7) is 0. The van der Waals surface area contributed by atoms with Crippen molar-refractivity contribution in [1.29, 1.82) is 0 Å². The van der Waals surface area contributed by atoms with Crippen LogP contribution in [0.1, 0.15) is 15.9 Å². The van der Waals surface area contributed by atoms with Gasteiger partial charge in [0.2, 0.25) is 5.88 Å². The van der Waals surface area contributed by atoms with Gasteiger partial charge in [-0.3, -0.25) is 4.57 Å². The molecule has 0 aliphatic rings. The van der Waals surface area contributed by atoms with E-state index in [9.17, 15) is 37.7 Å². The summed E-state index contributed by atoms with van der Waals surface area (Å²) in [6.07, 6.45) is -4.90. The van der Waals surface area contributed by atoms with Crippen LogP contribution in [0.25, 0.3) is 27.7 Å². The molecule has 196 valence electrons. The van der Waals surface area contributed by atoms with Crippen LogP contribution in [-0.2, 0) is 6.18 Å². The van der Waals surface area contributed by atoms with Crippen LogP contribution >= 0.6 is 0 Å². The van der Waals surface area contributed by atoms with Gasteiger partial charge in [0.05, 0.1) is 22.3 Å². The molecule has 5 aromatic rings. The zero-order valence-electron chi connectivity index (χ0n) is 19.7. The molecule has 1 heterocycles. The van der Waals surface area contributed by atoms with E-state index in [1.807, 2.05) is 0 Å². The Kier molecular flexibility index (Phi) is 6.27. The quantitative estimate of drug-likeness (QED) is 0.157. The average Bonchev–Trinajstić information content (AvgIpc) is 3.17. The number of aromatic carboxylic acids is 1. The van der Waals surface area contributed by atoms with E-state index in [4.69, 9.17) is 0 Å². The Morgan fingerprint density at radius 1 is 0.795 bits per heavy atom. The van der Waals surface area contributed by atoms with Crippen LogP contribution in [-0.4, -0.2) is 25.9 Å². The number of carbonyl (C=O) groups is 1. The molecule has 0 amide bonds. The Hall–Kier alpha value is -5.19. The molecular formula is C28H17F4N3O4.